The van der Waals surface area contributed by atoms with E-state index in [1.165, 1.54) is 6.92 Å². The Bertz CT molecular complexity index is 265. The molecule has 1 aliphatic heterocycles. The summed E-state index contributed by atoms with van der Waals surface area (Å²) in [6.07, 6.45) is 0.343. The number of carboxylic acid groups (broad SMARTS) is 1. The summed E-state index contributed by atoms with van der Waals surface area (Å²) in [4.78, 5) is 23.5. The third-order valence-electron chi connectivity index (χ3n) is 2.40. The van der Waals surface area contributed by atoms with E-state index in [2.05, 4.69) is 5.32 Å². The minimum atomic E-state index is -1.76. The van der Waals surface area contributed by atoms with Crippen LogP contribution in [0.5, 0.6) is 0 Å². The zero-order chi connectivity index (χ0) is 11.5. The monoisotopic (exact) mass is 216 g/mol. The second-order valence-electron chi connectivity index (χ2n) is 3.96. The topological polar surface area (TPSA) is 89.9 Å². The first-order valence-corrected chi connectivity index (χ1v) is 4.86. The minimum Gasteiger partial charge on any atom is -0.479 e. The molecule has 0 saturated carbocycles. The molecule has 1 unspecified atom stereocenters. The second-order valence-corrected chi connectivity index (χ2v) is 3.96. The molecule has 0 aromatic carbocycles. The Morgan fingerprint density at radius 1 is 1.60 bits per heavy atom. The van der Waals surface area contributed by atoms with E-state index in [0.29, 0.717) is 26.1 Å². The van der Waals surface area contributed by atoms with Gasteiger partial charge in [0, 0.05) is 32.6 Å². The van der Waals surface area contributed by atoms with Crippen LogP contribution < -0.4 is 5.32 Å². The lowest BCUT2D eigenvalue weighted by molar-refractivity contribution is -0.158. The van der Waals surface area contributed by atoms with Crippen molar-refractivity contribution in [3.63, 3.8) is 0 Å². The van der Waals surface area contributed by atoms with Gasteiger partial charge < -0.3 is 15.5 Å². The highest BCUT2D eigenvalue weighted by atomic mass is 16.4. The lowest BCUT2D eigenvalue weighted by Crippen LogP contribution is -2.47. The number of aliphatic carboxylic acids is 1. The number of carbonyl (C=O) groups is 2. The molecule has 1 amide bonds. The first-order valence-electron chi connectivity index (χ1n) is 4.86. The summed E-state index contributed by atoms with van der Waals surface area (Å²) in [5, 5.41) is 21.0. The van der Waals surface area contributed by atoms with Gasteiger partial charge in [0.2, 0.25) is 5.91 Å². The van der Waals surface area contributed by atoms with Gasteiger partial charge in [0.1, 0.15) is 0 Å². The predicted molar refractivity (Wildman–Crippen MR) is 52.3 cm³/mol. The van der Waals surface area contributed by atoms with Crippen molar-refractivity contribution in [1.82, 2.24) is 10.2 Å². The lowest BCUT2D eigenvalue weighted by atomic mass is 10.1. The van der Waals surface area contributed by atoms with E-state index in [9.17, 15) is 14.7 Å². The Morgan fingerprint density at radius 2 is 2.27 bits per heavy atom. The summed E-state index contributed by atoms with van der Waals surface area (Å²) in [5.74, 6) is -1.28. The average molecular weight is 216 g/mol. The minimum absolute atomic E-state index is 0.0348. The fourth-order valence-corrected chi connectivity index (χ4v) is 1.47. The Balaban J connectivity index is 2.51. The van der Waals surface area contributed by atoms with Gasteiger partial charge in [-0.2, -0.15) is 0 Å². The number of hydrogen-bond donors (Lipinski definition) is 3. The zero-order valence-corrected chi connectivity index (χ0v) is 8.69. The van der Waals surface area contributed by atoms with Crippen molar-refractivity contribution in [2.75, 3.05) is 26.2 Å². The highest BCUT2D eigenvalue weighted by Crippen LogP contribution is 2.08. The molecule has 6 heteroatoms. The summed E-state index contributed by atoms with van der Waals surface area (Å²) in [6, 6.07) is 0. The van der Waals surface area contributed by atoms with Gasteiger partial charge in [0.15, 0.2) is 5.60 Å². The molecule has 0 aliphatic carbocycles. The SMILES string of the molecule is CC(O)(CN1CCNC(=O)CC1)C(=O)O. The number of hydrogen-bond acceptors (Lipinski definition) is 4. The maximum Gasteiger partial charge on any atom is 0.336 e. The predicted octanol–water partition coefficient (Wildman–Crippen LogP) is -1.36. The van der Waals surface area contributed by atoms with E-state index in [0.717, 1.165) is 0 Å². The fraction of sp³-hybridized carbons (Fsp3) is 0.778. The molecule has 0 aromatic heterocycles. The summed E-state index contributed by atoms with van der Waals surface area (Å²) >= 11 is 0. The average Bonchev–Trinajstić information content (AvgIpc) is 2.30. The van der Waals surface area contributed by atoms with Crippen LogP contribution in [0, 0.1) is 0 Å². The first kappa shape index (κ1) is 11.9. The fourth-order valence-electron chi connectivity index (χ4n) is 1.47. The summed E-state index contributed by atoms with van der Waals surface area (Å²) < 4.78 is 0. The number of amides is 1. The third-order valence-corrected chi connectivity index (χ3v) is 2.40. The van der Waals surface area contributed by atoms with Crippen molar-refractivity contribution in [1.29, 1.82) is 0 Å². The van der Waals surface area contributed by atoms with Crippen molar-refractivity contribution >= 4 is 11.9 Å². The van der Waals surface area contributed by atoms with Crippen LogP contribution in [0.4, 0.5) is 0 Å². The van der Waals surface area contributed by atoms with Gasteiger partial charge in [-0.15, -0.1) is 0 Å². The number of β-amino-alcohol motifs (C(OH)–C–C–N with tert-alkyl or cyclic N) is 1. The highest BCUT2D eigenvalue weighted by molar-refractivity contribution is 5.77. The van der Waals surface area contributed by atoms with Crippen molar-refractivity contribution < 1.29 is 19.8 Å². The molecule has 1 heterocycles. The summed E-state index contributed by atoms with van der Waals surface area (Å²) in [6.45, 7) is 2.84. The molecule has 1 atom stereocenters. The van der Waals surface area contributed by atoms with E-state index >= 15 is 0 Å². The molecule has 1 fully saturated rings. The standard InChI is InChI=1S/C9H16N2O4/c1-9(15,8(13)14)6-11-4-2-7(12)10-3-5-11/h15H,2-6H2,1H3,(H,10,12)(H,13,14). The zero-order valence-electron chi connectivity index (χ0n) is 8.69. The Kier molecular flexibility index (Phi) is 3.65. The van der Waals surface area contributed by atoms with E-state index < -0.39 is 11.6 Å². The van der Waals surface area contributed by atoms with Crippen molar-refractivity contribution in [3.05, 3.63) is 0 Å². The normalized spacial score (nSPS) is 22.7. The number of aliphatic hydroxyl groups is 1. The molecular formula is C9H16N2O4. The number of carboxylic acids is 1. The molecule has 0 spiro atoms. The van der Waals surface area contributed by atoms with E-state index in [1.807, 2.05) is 0 Å². The van der Waals surface area contributed by atoms with Crippen molar-refractivity contribution in [2.45, 2.75) is 18.9 Å². The molecule has 1 aliphatic rings. The molecule has 1 saturated heterocycles. The maximum absolute atomic E-state index is 11.0. The van der Waals surface area contributed by atoms with Crippen LogP contribution in [0.2, 0.25) is 0 Å². The van der Waals surface area contributed by atoms with Crippen LogP contribution in [-0.4, -0.2) is 58.8 Å². The number of nitrogens with zero attached hydrogens (tertiary/aromatic N) is 1. The van der Waals surface area contributed by atoms with Crippen LogP contribution in [0.3, 0.4) is 0 Å². The molecule has 0 aromatic rings. The van der Waals surface area contributed by atoms with Gasteiger partial charge in [-0.05, 0) is 6.92 Å². The smallest absolute Gasteiger partial charge is 0.336 e. The molecule has 86 valence electrons. The van der Waals surface area contributed by atoms with Gasteiger partial charge >= 0.3 is 5.97 Å². The Labute approximate surface area is 87.9 Å². The second kappa shape index (κ2) is 4.59. The quantitative estimate of drug-likeness (QED) is 0.542. The molecule has 1 rings (SSSR count). The number of nitrogens with one attached hydrogen (secondary N) is 1. The van der Waals surface area contributed by atoms with Crippen LogP contribution in [0.1, 0.15) is 13.3 Å². The first-order chi connectivity index (χ1) is 6.92. The molecule has 15 heavy (non-hydrogen) atoms. The van der Waals surface area contributed by atoms with E-state index in [-0.39, 0.29) is 12.5 Å². The van der Waals surface area contributed by atoms with E-state index in [4.69, 9.17) is 5.11 Å². The molecular weight excluding hydrogens is 200 g/mol. The largest absolute Gasteiger partial charge is 0.479 e. The van der Waals surface area contributed by atoms with Crippen LogP contribution in [0.25, 0.3) is 0 Å². The summed E-state index contributed by atoms with van der Waals surface area (Å²) in [7, 11) is 0. The van der Waals surface area contributed by atoms with Crippen molar-refractivity contribution in [2.24, 2.45) is 0 Å². The van der Waals surface area contributed by atoms with Gasteiger partial charge in [0.05, 0.1) is 0 Å². The van der Waals surface area contributed by atoms with Crippen LogP contribution in [0.15, 0.2) is 0 Å². The Morgan fingerprint density at radius 3 is 2.87 bits per heavy atom. The third kappa shape index (κ3) is 3.49. The van der Waals surface area contributed by atoms with Crippen molar-refractivity contribution in [3.8, 4) is 0 Å². The van der Waals surface area contributed by atoms with Gasteiger partial charge in [-0.1, -0.05) is 0 Å². The Hall–Kier alpha value is -1.14. The molecule has 6 nitrogen and oxygen atoms in total. The molecule has 0 bridgehead atoms. The lowest BCUT2D eigenvalue weighted by Gasteiger charge is -2.26. The summed E-state index contributed by atoms with van der Waals surface area (Å²) in [5.41, 5.74) is -1.76. The highest BCUT2D eigenvalue weighted by Gasteiger charge is 2.32. The van der Waals surface area contributed by atoms with Gasteiger partial charge in [-0.25, -0.2) is 4.79 Å². The van der Waals surface area contributed by atoms with Crippen LogP contribution in [-0.2, 0) is 9.59 Å². The van der Waals surface area contributed by atoms with Gasteiger partial charge in [-0.3, -0.25) is 9.69 Å². The van der Waals surface area contributed by atoms with Crippen LogP contribution >= 0.6 is 0 Å². The number of rotatable bonds is 3. The van der Waals surface area contributed by atoms with Gasteiger partial charge in [0.25, 0.3) is 0 Å². The number of carbonyl (C=O) groups excluding carboxylic acids is 1. The maximum atomic E-state index is 11.0. The molecule has 3 N–H and O–H groups in total. The van der Waals surface area contributed by atoms with E-state index in [1.54, 1.807) is 4.90 Å². The molecule has 0 radical (unpaired) electrons.